The number of ether oxygens (including phenoxy) is 1. The summed E-state index contributed by atoms with van der Waals surface area (Å²) in [5.74, 6) is 2.06. The Hall–Kier alpha value is -0.760. The van der Waals surface area contributed by atoms with Gasteiger partial charge in [-0.3, -0.25) is 4.99 Å². The Morgan fingerprint density at radius 3 is 2.92 bits per heavy atom. The number of furan rings is 1. The average Bonchev–Trinajstić information content (AvgIpc) is 3.15. The number of likely N-dealkylation sites (tertiary alicyclic amines) is 1. The van der Waals surface area contributed by atoms with Gasteiger partial charge in [0.2, 0.25) is 0 Å². The fraction of sp³-hybridized carbons (Fsp3) is 0.750. The Labute approximate surface area is 175 Å². The van der Waals surface area contributed by atoms with E-state index in [1.165, 1.54) is 25.7 Å². The Kier molecular flexibility index (Phi) is 8.73. The molecule has 1 aromatic rings. The summed E-state index contributed by atoms with van der Waals surface area (Å²) in [5.41, 5.74) is 0.329. The predicted octanol–water partition coefficient (Wildman–Crippen LogP) is 4.08. The van der Waals surface area contributed by atoms with Gasteiger partial charge in [0.05, 0.1) is 12.9 Å². The fourth-order valence-corrected chi connectivity index (χ4v) is 3.91. The monoisotopic (exact) mass is 475 g/mol. The maximum atomic E-state index is 5.82. The highest BCUT2D eigenvalue weighted by Gasteiger charge is 2.38. The molecule has 0 amide bonds. The zero-order valence-electron chi connectivity index (χ0n) is 16.2. The lowest BCUT2D eigenvalue weighted by molar-refractivity contribution is -0.0371. The molecule has 0 aromatic carbocycles. The van der Waals surface area contributed by atoms with E-state index in [1.807, 2.05) is 12.1 Å². The molecular weight excluding hydrogens is 441 g/mol. The molecule has 26 heavy (non-hydrogen) atoms. The third-order valence-electron chi connectivity index (χ3n) is 5.55. The molecule has 2 fully saturated rings. The van der Waals surface area contributed by atoms with Crippen LogP contribution >= 0.6 is 24.0 Å². The van der Waals surface area contributed by atoms with Gasteiger partial charge in [-0.25, -0.2) is 0 Å². The second-order valence-corrected chi connectivity index (χ2v) is 7.67. The number of guanidine groups is 1. The third-order valence-corrected chi connectivity index (χ3v) is 5.55. The van der Waals surface area contributed by atoms with Gasteiger partial charge in [0.1, 0.15) is 5.76 Å². The summed E-state index contributed by atoms with van der Waals surface area (Å²) in [6.45, 7) is 9.19. The van der Waals surface area contributed by atoms with Gasteiger partial charge >= 0.3 is 0 Å². The molecule has 3 heterocycles. The minimum Gasteiger partial charge on any atom is -0.469 e. The number of hydrogen-bond donors (Lipinski definition) is 1. The highest BCUT2D eigenvalue weighted by atomic mass is 127. The number of nitrogens with one attached hydrogen (secondary N) is 1. The molecule has 2 aliphatic heterocycles. The van der Waals surface area contributed by atoms with Crippen molar-refractivity contribution in [2.45, 2.75) is 58.4 Å². The molecule has 3 rings (SSSR count). The van der Waals surface area contributed by atoms with Crippen LogP contribution in [0.25, 0.3) is 0 Å². The van der Waals surface area contributed by atoms with Crippen LogP contribution in [0.15, 0.2) is 27.8 Å². The Morgan fingerprint density at radius 2 is 2.23 bits per heavy atom. The smallest absolute Gasteiger partial charge is 0.194 e. The van der Waals surface area contributed by atoms with Crippen LogP contribution in [-0.4, -0.2) is 49.7 Å². The fourth-order valence-electron chi connectivity index (χ4n) is 3.91. The van der Waals surface area contributed by atoms with Crippen LogP contribution in [0.2, 0.25) is 0 Å². The van der Waals surface area contributed by atoms with E-state index < -0.39 is 0 Å². The summed E-state index contributed by atoms with van der Waals surface area (Å²) < 4.78 is 11.3. The van der Waals surface area contributed by atoms with Crippen molar-refractivity contribution in [3.8, 4) is 0 Å². The molecular formula is C20H34IN3O2. The molecule has 148 valence electrons. The molecule has 0 aliphatic carbocycles. The van der Waals surface area contributed by atoms with E-state index >= 15 is 0 Å². The highest BCUT2D eigenvalue weighted by Crippen LogP contribution is 2.37. The molecule has 0 radical (unpaired) electrons. The number of rotatable bonds is 5. The zero-order chi connectivity index (χ0) is 17.5. The Bertz CT molecular complexity index is 536. The maximum absolute atomic E-state index is 5.82. The van der Waals surface area contributed by atoms with Crippen LogP contribution in [0.5, 0.6) is 0 Å². The summed E-state index contributed by atoms with van der Waals surface area (Å²) >= 11 is 0. The van der Waals surface area contributed by atoms with Crippen LogP contribution < -0.4 is 5.32 Å². The van der Waals surface area contributed by atoms with E-state index in [0.29, 0.717) is 11.5 Å². The molecule has 0 bridgehead atoms. The van der Waals surface area contributed by atoms with Gasteiger partial charge < -0.3 is 19.4 Å². The topological polar surface area (TPSA) is 50.0 Å². The van der Waals surface area contributed by atoms with Crippen LogP contribution in [0.4, 0.5) is 0 Å². The third kappa shape index (κ3) is 5.87. The zero-order valence-corrected chi connectivity index (χ0v) is 18.5. The first-order valence-electron chi connectivity index (χ1n) is 9.87. The summed E-state index contributed by atoms with van der Waals surface area (Å²) in [6.07, 6.45) is 8.66. The summed E-state index contributed by atoms with van der Waals surface area (Å²) in [5, 5.41) is 3.64. The second-order valence-electron chi connectivity index (χ2n) is 7.67. The van der Waals surface area contributed by atoms with Crippen molar-refractivity contribution < 1.29 is 9.15 Å². The van der Waals surface area contributed by atoms with Gasteiger partial charge in [-0.1, -0.05) is 6.92 Å². The lowest BCUT2D eigenvalue weighted by Gasteiger charge is -2.46. The lowest BCUT2D eigenvalue weighted by atomic mass is 9.76. The van der Waals surface area contributed by atoms with Crippen LogP contribution in [0.1, 0.15) is 51.7 Å². The normalized spacial score (nSPS) is 25.0. The molecule has 1 aromatic heterocycles. The van der Waals surface area contributed by atoms with E-state index in [9.17, 15) is 0 Å². The van der Waals surface area contributed by atoms with Crippen LogP contribution in [0.3, 0.4) is 0 Å². The van der Waals surface area contributed by atoms with Crippen molar-refractivity contribution in [2.24, 2.45) is 10.4 Å². The summed E-state index contributed by atoms with van der Waals surface area (Å²) in [7, 11) is 0. The minimum absolute atomic E-state index is 0. The molecule has 2 atom stereocenters. The Morgan fingerprint density at radius 1 is 1.38 bits per heavy atom. The quantitative estimate of drug-likeness (QED) is 0.396. The molecule has 1 spiro atoms. The standard InChI is InChI=1S/C20H33N3O2.HI/c1-3-17(2)22-19(21-11-8-18-7-4-14-25-18)23-12-5-9-20(15-23)10-6-13-24-16-20;/h4,7,14,17H,3,5-6,8-13,15-16H2,1-2H3,(H,21,22);1H. The minimum atomic E-state index is 0. The first-order chi connectivity index (χ1) is 12.2. The van der Waals surface area contributed by atoms with E-state index in [1.54, 1.807) is 6.26 Å². The number of nitrogens with zero attached hydrogens (tertiary/aromatic N) is 2. The van der Waals surface area contributed by atoms with E-state index in [4.69, 9.17) is 14.1 Å². The van der Waals surface area contributed by atoms with Crippen molar-refractivity contribution in [1.82, 2.24) is 10.2 Å². The van der Waals surface area contributed by atoms with Crippen LogP contribution in [-0.2, 0) is 11.2 Å². The van der Waals surface area contributed by atoms with Crippen LogP contribution in [0, 0.1) is 5.41 Å². The molecule has 2 saturated heterocycles. The van der Waals surface area contributed by atoms with E-state index in [-0.39, 0.29) is 24.0 Å². The summed E-state index contributed by atoms with van der Waals surface area (Å²) in [6, 6.07) is 4.39. The molecule has 2 aliphatic rings. The maximum Gasteiger partial charge on any atom is 0.194 e. The highest BCUT2D eigenvalue weighted by molar-refractivity contribution is 14.0. The van der Waals surface area contributed by atoms with Gasteiger partial charge in [0.15, 0.2) is 5.96 Å². The first kappa shape index (κ1) is 21.5. The predicted molar refractivity (Wildman–Crippen MR) is 116 cm³/mol. The van der Waals surface area contributed by atoms with Gasteiger partial charge in [-0.15, -0.1) is 24.0 Å². The number of aliphatic imine (C=N–C) groups is 1. The van der Waals surface area contributed by atoms with Gasteiger partial charge in [0, 0.05) is 44.1 Å². The van der Waals surface area contributed by atoms with Crippen molar-refractivity contribution in [2.75, 3.05) is 32.8 Å². The van der Waals surface area contributed by atoms with Gasteiger partial charge in [-0.05, 0) is 51.2 Å². The van der Waals surface area contributed by atoms with Gasteiger partial charge in [-0.2, -0.15) is 0 Å². The average molecular weight is 475 g/mol. The molecule has 1 N–H and O–H groups in total. The number of halogens is 1. The van der Waals surface area contributed by atoms with Crippen molar-refractivity contribution in [1.29, 1.82) is 0 Å². The number of hydrogen-bond acceptors (Lipinski definition) is 3. The number of piperidine rings is 1. The van der Waals surface area contributed by atoms with E-state index in [2.05, 4.69) is 24.1 Å². The second kappa shape index (κ2) is 10.5. The Balaban J connectivity index is 0.00000243. The van der Waals surface area contributed by atoms with Crippen molar-refractivity contribution in [3.05, 3.63) is 24.2 Å². The summed E-state index contributed by atoms with van der Waals surface area (Å²) in [4.78, 5) is 7.38. The van der Waals surface area contributed by atoms with Crippen molar-refractivity contribution in [3.63, 3.8) is 0 Å². The first-order valence-corrected chi connectivity index (χ1v) is 9.87. The molecule has 0 saturated carbocycles. The molecule has 5 nitrogen and oxygen atoms in total. The van der Waals surface area contributed by atoms with Crippen molar-refractivity contribution >= 4 is 29.9 Å². The largest absolute Gasteiger partial charge is 0.469 e. The lowest BCUT2D eigenvalue weighted by Crippen LogP contribution is -2.54. The SMILES string of the molecule is CCC(C)NC(=NCCc1ccco1)N1CCCC2(CCCOC2)C1.I. The molecule has 6 heteroatoms. The van der Waals surface area contributed by atoms with Gasteiger partial charge in [0.25, 0.3) is 0 Å². The van der Waals surface area contributed by atoms with E-state index in [0.717, 1.165) is 57.4 Å². The molecule has 2 unspecified atom stereocenters.